The number of ether oxygens (including phenoxy) is 1. The van der Waals surface area contributed by atoms with Gasteiger partial charge in [-0.05, 0) is 55.3 Å². The van der Waals surface area contributed by atoms with Crippen molar-refractivity contribution in [2.24, 2.45) is 0 Å². The van der Waals surface area contributed by atoms with Crippen LogP contribution in [-0.2, 0) is 0 Å². The summed E-state index contributed by atoms with van der Waals surface area (Å²) < 4.78 is 18.6. The number of hydrogen-bond donors (Lipinski definition) is 1. The minimum absolute atomic E-state index is 0.0134. The summed E-state index contributed by atoms with van der Waals surface area (Å²) in [5.41, 5.74) is 1.83. The van der Waals surface area contributed by atoms with Crippen molar-refractivity contribution in [3.05, 3.63) is 58.9 Å². The monoisotopic (exact) mass is 307 g/mol. The predicted molar refractivity (Wildman–Crippen MR) is 85.7 cm³/mol. The van der Waals surface area contributed by atoms with Crippen molar-refractivity contribution in [2.45, 2.75) is 26.3 Å². The molecule has 1 N–H and O–H groups in total. The highest BCUT2D eigenvalue weighted by molar-refractivity contribution is 6.31. The number of anilines is 1. The molecule has 0 aliphatic carbocycles. The van der Waals surface area contributed by atoms with E-state index in [1.807, 2.05) is 31.2 Å². The van der Waals surface area contributed by atoms with Crippen LogP contribution in [0.4, 0.5) is 10.1 Å². The van der Waals surface area contributed by atoms with Crippen molar-refractivity contribution in [1.82, 2.24) is 0 Å². The highest BCUT2D eigenvalue weighted by Crippen LogP contribution is 2.27. The van der Waals surface area contributed by atoms with Crippen LogP contribution in [0.1, 0.15) is 31.9 Å². The first-order valence-electron chi connectivity index (χ1n) is 7.04. The zero-order valence-electron chi connectivity index (χ0n) is 12.2. The van der Waals surface area contributed by atoms with Crippen molar-refractivity contribution in [3.63, 3.8) is 0 Å². The number of benzene rings is 2. The quantitative estimate of drug-likeness (QED) is 0.767. The summed E-state index contributed by atoms with van der Waals surface area (Å²) in [7, 11) is 0. The van der Waals surface area contributed by atoms with Crippen molar-refractivity contribution in [1.29, 1.82) is 0 Å². The standard InChI is InChI=1S/C17H19ClFNO/c1-3-10-21-15-7-5-14(6-8-15)20-12(2)16-9-4-13(19)11-17(16)18/h4-9,11-12,20H,3,10H2,1-2H3. The summed E-state index contributed by atoms with van der Waals surface area (Å²) in [5, 5.41) is 3.77. The predicted octanol–water partition coefficient (Wildman–Crippen LogP) is 5.44. The third-order valence-electron chi connectivity index (χ3n) is 3.14. The molecule has 1 unspecified atom stereocenters. The molecule has 0 aliphatic heterocycles. The zero-order valence-corrected chi connectivity index (χ0v) is 13.0. The van der Waals surface area contributed by atoms with Crippen LogP contribution < -0.4 is 10.1 Å². The normalized spacial score (nSPS) is 12.0. The smallest absolute Gasteiger partial charge is 0.124 e. The highest BCUT2D eigenvalue weighted by atomic mass is 35.5. The van der Waals surface area contributed by atoms with Gasteiger partial charge in [0.1, 0.15) is 11.6 Å². The van der Waals surface area contributed by atoms with Crippen molar-refractivity contribution in [2.75, 3.05) is 11.9 Å². The van der Waals surface area contributed by atoms with E-state index in [2.05, 4.69) is 12.2 Å². The van der Waals surface area contributed by atoms with Crippen LogP contribution in [0.15, 0.2) is 42.5 Å². The van der Waals surface area contributed by atoms with Crippen LogP contribution in [0.5, 0.6) is 5.75 Å². The second-order valence-electron chi connectivity index (χ2n) is 4.90. The molecule has 0 heterocycles. The van der Waals surface area contributed by atoms with E-state index in [1.54, 1.807) is 6.07 Å². The number of rotatable bonds is 6. The molecule has 0 saturated heterocycles. The third-order valence-corrected chi connectivity index (χ3v) is 3.47. The minimum atomic E-state index is -0.326. The van der Waals surface area contributed by atoms with Gasteiger partial charge < -0.3 is 10.1 Å². The Morgan fingerprint density at radius 3 is 2.52 bits per heavy atom. The Balaban J connectivity index is 2.03. The van der Waals surface area contributed by atoms with Gasteiger partial charge in [-0.3, -0.25) is 0 Å². The molecule has 2 aromatic carbocycles. The molecule has 0 fully saturated rings. The van der Waals surface area contributed by atoms with E-state index in [4.69, 9.17) is 16.3 Å². The Kier molecular flexibility index (Phi) is 5.45. The Morgan fingerprint density at radius 2 is 1.90 bits per heavy atom. The minimum Gasteiger partial charge on any atom is -0.494 e. The van der Waals surface area contributed by atoms with E-state index in [0.717, 1.165) is 23.4 Å². The molecule has 1 atom stereocenters. The van der Waals surface area contributed by atoms with Gasteiger partial charge in [0.15, 0.2) is 0 Å². The lowest BCUT2D eigenvalue weighted by molar-refractivity contribution is 0.317. The van der Waals surface area contributed by atoms with E-state index in [9.17, 15) is 4.39 Å². The molecule has 2 aromatic rings. The molecule has 0 bridgehead atoms. The summed E-state index contributed by atoms with van der Waals surface area (Å²) in [6.45, 7) is 4.78. The van der Waals surface area contributed by atoms with E-state index < -0.39 is 0 Å². The molecule has 112 valence electrons. The van der Waals surface area contributed by atoms with Gasteiger partial charge in [-0.15, -0.1) is 0 Å². The molecular weight excluding hydrogens is 289 g/mol. The molecule has 4 heteroatoms. The highest BCUT2D eigenvalue weighted by Gasteiger charge is 2.10. The van der Waals surface area contributed by atoms with Crippen LogP contribution >= 0.6 is 11.6 Å². The lowest BCUT2D eigenvalue weighted by atomic mass is 10.1. The molecule has 21 heavy (non-hydrogen) atoms. The summed E-state index contributed by atoms with van der Waals surface area (Å²) in [6.07, 6.45) is 0.986. The van der Waals surface area contributed by atoms with Crippen LogP contribution in [0.3, 0.4) is 0 Å². The van der Waals surface area contributed by atoms with Crippen LogP contribution in [0.25, 0.3) is 0 Å². The average molecular weight is 308 g/mol. The Hall–Kier alpha value is -1.74. The number of nitrogens with one attached hydrogen (secondary N) is 1. The van der Waals surface area contributed by atoms with Crippen molar-refractivity contribution < 1.29 is 9.13 Å². The van der Waals surface area contributed by atoms with Gasteiger partial charge in [-0.1, -0.05) is 24.6 Å². The van der Waals surface area contributed by atoms with E-state index in [-0.39, 0.29) is 11.9 Å². The molecular formula is C17H19ClFNO. The fourth-order valence-electron chi connectivity index (χ4n) is 2.05. The first kappa shape index (κ1) is 15.6. The van der Waals surface area contributed by atoms with Gasteiger partial charge in [0.05, 0.1) is 6.61 Å². The van der Waals surface area contributed by atoms with Crippen LogP contribution in [-0.4, -0.2) is 6.61 Å². The van der Waals surface area contributed by atoms with Crippen LogP contribution in [0.2, 0.25) is 5.02 Å². The fourth-order valence-corrected chi connectivity index (χ4v) is 2.38. The maximum Gasteiger partial charge on any atom is 0.124 e. The average Bonchev–Trinajstić information content (AvgIpc) is 2.46. The fraction of sp³-hybridized carbons (Fsp3) is 0.294. The molecule has 0 spiro atoms. The van der Waals surface area contributed by atoms with Gasteiger partial charge in [0.25, 0.3) is 0 Å². The first-order valence-corrected chi connectivity index (χ1v) is 7.42. The molecule has 0 radical (unpaired) electrons. The second-order valence-corrected chi connectivity index (χ2v) is 5.31. The maximum absolute atomic E-state index is 13.1. The van der Waals surface area contributed by atoms with Gasteiger partial charge in [0.2, 0.25) is 0 Å². The molecule has 0 aromatic heterocycles. The van der Waals surface area contributed by atoms with Crippen molar-refractivity contribution in [3.8, 4) is 5.75 Å². The number of hydrogen-bond acceptors (Lipinski definition) is 2. The lowest BCUT2D eigenvalue weighted by Gasteiger charge is -2.17. The topological polar surface area (TPSA) is 21.3 Å². The van der Waals surface area contributed by atoms with E-state index >= 15 is 0 Å². The molecule has 0 amide bonds. The maximum atomic E-state index is 13.1. The SMILES string of the molecule is CCCOc1ccc(NC(C)c2ccc(F)cc2Cl)cc1. The zero-order chi connectivity index (χ0) is 15.2. The third kappa shape index (κ3) is 4.36. The van der Waals surface area contributed by atoms with Crippen LogP contribution in [0, 0.1) is 5.82 Å². The van der Waals surface area contributed by atoms with E-state index in [1.165, 1.54) is 12.1 Å². The first-order chi connectivity index (χ1) is 10.1. The Bertz CT molecular complexity index is 586. The van der Waals surface area contributed by atoms with Gasteiger partial charge >= 0.3 is 0 Å². The second kappa shape index (κ2) is 7.32. The largest absolute Gasteiger partial charge is 0.494 e. The molecule has 2 rings (SSSR count). The van der Waals surface area contributed by atoms with Gasteiger partial charge in [-0.25, -0.2) is 4.39 Å². The Labute approximate surface area is 129 Å². The van der Waals surface area contributed by atoms with Gasteiger partial charge in [0, 0.05) is 16.8 Å². The van der Waals surface area contributed by atoms with Gasteiger partial charge in [-0.2, -0.15) is 0 Å². The summed E-state index contributed by atoms with van der Waals surface area (Å²) in [4.78, 5) is 0. The Morgan fingerprint density at radius 1 is 1.19 bits per heavy atom. The van der Waals surface area contributed by atoms with E-state index in [0.29, 0.717) is 11.6 Å². The summed E-state index contributed by atoms with van der Waals surface area (Å²) in [6, 6.07) is 12.2. The molecule has 0 saturated carbocycles. The molecule has 2 nitrogen and oxygen atoms in total. The summed E-state index contributed by atoms with van der Waals surface area (Å²) >= 11 is 6.07. The number of halogens is 2. The summed E-state index contributed by atoms with van der Waals surface area (Å²) in [5.74, 6) is 0.531. The van der Waals surface area contributed by atoms with Crippen molar-refractivity contribution >= 4 is 17.3 Å². The molecule has 0 aliphatic rings. The lowest BCUT2D eigenvalue weighted by Crippen LogP contribution is -2.07.